The lowest BCUT2D eigenvalue weighted by Gasteiger charge is -2.30. The molecule has 7 nitrogen and oxygen atoms in total. The van der Waals surface area contributed by atoms with E-state index in [-0.39, 0.29) is 12.6 Å². The van der Waals surface area contributed by atoms with Gasteiger partial charge in [0.1, 0.15) is 6.61 Å². The van der Waals surface area contributed by atoms with Gasteiger partial charge in [0, 0.05) is 5.70 Å². The van der Waals surface area contributed by atoms with Crippen molar-refractivity contribution >= 4 is 12.0 Å². The van der Waals surface area contributed by atoms with Crippen LogP contribution in [0.3, 0.4) is 0 Å². The molecule has 1 heterocycles. The molecule has 0 aromatic heterocycles. The van der Waals surface area contributed by atoms with Crippen molar-refractivity contribution in [3.63, 3.8) is 0 Å². The highest BCUT2D eigenvalue weighted by Crippen LogP contribution is 2.36. The molecule has 0 spiro atoms. The number of amides is 2. The number of urea groups is 1. The second kappa shape index (κ2) is 11.9. The number of carbonyl (C=O) groups excluding carboxylic acids is 2. The van der Waals surface area contributed by atoms with Crippen LogP contribution in [-0.4, -0.2) is 25.2 Å². The molecule has 0 saturated carbocycles. The van der Waals surface area contributed by atoms with Crippen LogP contribution < -0.4 is 20.1 Å². The van der Waals surface area contributed by atoms with Crippen molar-refractivity contribution in [2.75, 3.05) is 13.2 Å². The molecule has 1 unspecified atom stereocenters. The second-order valence-corrected chi connectivity index (χ2v) is 7.66. The largest absolute Gasteiger partial charge is 0.490 e. The molecule has 0 saturated heterocycles. The van der Waals surface area contributed by atoms with Crippen LogP contribution in [0.4, 0.5) is 4.79 Å². The van der Waals surface area contributed by atoms with Gasteiger partial charge in [-0.25, -0.2) is 9.59 Å². The predicted octanol–water partition coefficient (Wildman–Crippen LogP) is 5.03. The van der Waals surface area contributed by atoms with E-state index < -0.39 is 12.0 Å². The number of ether oxygens (including phenoxy) is 3. The molecule has 0 fully saturated rings. The highest BCUT2D eigenvalue weighted by Gasteiger charge is 2.34. The van der Waals surface area contributed by atoms with Crippen LogP contribution in [0.1, 0.15) is 57.2 Å². The molecule has 0 radical (unpaired) electrons. The highest BCUT2D eigenvalue weighted by molar-refractivity contribution is 5.95. The van der Waals surface area contributed by atoms with Crippen LogP contribution in [-0.2, 0) is 16.1 Å². The van der Waals surface area contributed by atoms with Crippen molar-refractivity contribution in [2.45, 2.75) is 52.7 Å². The van der Waals surface area contributed by atoms with Gasteiger partial charge in [0.2, 0.25) is 0 Å². The number of carbonyl (C=O) groups is 2. The maximum Gasteiger partial charge on any atom is 0.338 e. The van der Waals surface area contributed by atoms with Gasteiger partial charge < -0.3 is 24.8 Å². The number of hydrogen-bond donors (Lipinski definition) is 2. The summed E-state index contributed by atoms with van der Waals surface area (Å²) in [5, 5.41) is 5.67. The minimum atomic E-state index is -0.646. The summed E-state index contributed by atoms with van der Waals surface area (Å²) in [6.45, 7) is 6.83. The van der Waals surface area contributed by atoms with Gasteiger partial charge >= 0.3 is 12.0 Å². The number of unbranched alkanes of at least 4 members (excludes halogenated alkanes) is 1. The highest BCUT2D eigenvalue weighted by atomic mass is 16.5. The van der Waals surface area contributed by atoms with E-state index in [1.54, 1.807) is 6.92 Å². The van der Waals surface area contributed by atoms with E-state index in [1.165, 1.54) is 0 Å². The summed E-state index contributed by atoms with van der Waals surface area (Å²) in [5.74, 6) is 0.707. The Labute approximate surface area is 195 Å². The van der Waals surface area contributed by atoms with Crippen LogP contribution in [0.15, 0.2) is 59.8 Å². The Morgan fingerprint density at radius 1 is 0.970 bits per heavy atom. The Morgan fingerprint density at radius 2 is 1.76 bits per heavy atom. The van der Waals surface area contributed by atoms with Crippen molar-refractivity contribution < 1.29 is 23.8 Å². The standard InChI is InChI=1S/C26H32N2O5/c1-4-7-13-20-23(25(29)32-6-3)24(28-26(30)27-20)19-14-15-21(22(16-19)31-5-2)33-17-18-11-9-8-10-12-18/h8-12,14-16,24H,4-7,13,17H2,1-3H3,(H2,27,28,30). The van der Waals surface area contributed by atoms with Crippen LogP contribution >= 0.6 is 0 Å². The van der Waals surface area contributed by atoms with Gasteiger partial charge in [0.25, 0.3) is 0 Å². The summed E-state index contributed by atoms with van der Waals surface area (Å²) >= 11 is 0. The van der Waals surface area contributed by atoms with Gasteiger partial charge in [0.15, 0.2) is 11.5 Å². The lowest BCUT2D eigenvalue weighted by atomic mass is 9.93. The Morgan fingerprint density at radius 3 is 2.45 bits per heavy atom. The van der Waals surface area contributed by atoms with E-state index in [0.29, 0.717) is 42.4 Å². The normalized spacial score (nSPS) is 15.5. The van der Waals surface area contributed by atoms with Crippen LogP contribution in [0.5, 0.6) is 11.5 Å². The van der Waals surface area contributed by atoms with Gasteiger partial charge in [0.05, 0.1) is 24.8 Å². The average Bonchev–Trinajstić information content (AvgIpc) is 2.82. The molecule has 176 valence electrons. The minimum Gasteiger partial charge on any atom is -0.490 e. The van der Waals surface area contributed by atoms with E-state index in [2.05, 4.69) is 17.6 Å². The van der Waals surface area contributed by atoms with Crippen molar-refractivity contribution in [1.29, 1.82) is 0 Å². The number of nitrogens with one attached hydrogen (secondary N) is 2. The molecule has 2 amide bonds. The zero-order valence-electron chi connectivity index (χ0n) is 19.5. The molecule has 2 N–H and O–H groups in total. The van der Waals surface area contributed by atoms with E-state index in [1.807, 2.05) is 55.5 Å². The van der Waals surface area contributed by atoms with E-state index in [9.17, 15) is 9.59 Å². The van der Waals surface area contributed by atoms with Crippen LogP contribution in [0, 0.1) is 0 Å². The molecule has 1 aliphatic heterocycles. The molecule has 2 aromatic rings. The van der Waals surface area contributed by atoms with E-state index in [4.69, 9.17) is 14.2 Å². The Hall–Kier alpha value is -3.48. The van der Waals surface area contributed by atoms with Gasteiger partial charge in [-0.1, -0.05) is 49.7 Å². The fraction of sp³-hybridized carbons (Fsp3) is 0.385. The van der Waals surface area contributed by atoms with E-state index in [0.717, 1.165) is 24.0 Å². The fourth-order valence-electron chi connectivity index (χ4n) is 3.70. The molecule has 2 aromatic carbocycles. The Balaban J connectivity index is 1.94. The fourth-order valence-corrected chi connectivity index (χ4v) is 3.70. The Kier molecular flexibility index (Phi) is 8.75. The molecular formula is C26H32N2O5. The molecular weight excluding hydrogens is 420 g/mol. The lowest BCUT2D eigenvalue weighted by Crippen LogP contribution is -2.46. The first-order valence-corrected chi connectivity index (χ1v) is 11.5. The van der Waals surface area contributed by atoms with Crippen LogP contribution in [0.25, 0.3) is 0 Å². The molecule has 7 heteroatoms. The summed E-state index contributed by atoms with van der Waals surface area (Å²) in [6, 6.07) is 14.4. The van der Waals surface area contributed by atoms with Crippen molar-refractivity contribution in [3.05, 3.63) is 70.9 Å². The van der Waals surface area contributed by atoms with Gasteiger partial charge in [-0.05, 0) is 49.9 Å². The van der Waals surface area contributed by atoms with Crippen molar-refractivity contribution in [3.8, 4) is 11.5 Å². The first-order valence-electron chi connectivity index (χ1n) is 11.5. The SMILES string of the molecule is CCCCC1=C(C(=O)OCC)C(c2ccc(OCc3ccccc3)c(OCC)c2)NC(=O)N1. The van der Waals surface area contributed by atoms with Gasteiger partial charge in [-0.3, -0.25) is 0 Å². The number of hydrogen-bond acceptors (Lipinski definition) is 5. The minimum absolute atomic E-state index is 0.251. The zero-order valence-corrected chi connectivity index (χ0v) is 19.5. The Bertz CT molecular complexity index is 987. The summed E-state index contributed by atoms with van der Waals surface area (Å²) in [6.07, 6.45) is 2.38. The summed E-state index contributed by atoms with van der Waals surface area (Å²) in [7, 11) is 0. The third-order valence-corrected chi connectivity index (χ3v) is 5.27. The summed E-state index contributed by atoms with van der Waals surface area (Å²) in [5.41, 5.74) is 2.79. The number of esters is 1. The first-order chi connectivity index (χ1) is 16.1. The molecule has 3 rings (SSSR count). The van der Waals surface area contributed by atoms with Gasteiger partial charge in [-0.2, -0.15) is 0 Å². The van der Waals surface area contributed by atoms with Crippen LogP contribution in [0.2, 0.25) is 0 Å². The summed E-state index contributed by atoms with van der Waals surface area (Å²) < 4.78 is 17.2. The average molecular weight is 453 g/mol. The molecule has 1 atom stereocenters. The lowest BCUT2D eigenvalue weighted by molar-refractivity contribution is -0.139. The number of benzene rings is 2. The second-order valence-electron chi connectivity index (χ2n) is 7.66. The zero-order chi connectivity index (χ0) is 23.6. The van der Waals surface area contributed by atoms with Gasteiger partial charge in [-0.15, -0.1) is 0 Å². The molecule has 0 aliphatic carbocycles. The summed E-state index contributed by atoms with van der Waals surface area (Å²) in [4.78, 5) is 25.3. The quantitative estimate of drug-likeness (QED) is 0.467. The van der Waals surface area contributed by atoms with Crippen molar-refractivity contribution in [1.82, 2.24) is 10.6 Å². The predicted molar refractivity (Wildman–Crippen MR) is 126 cm³/mol. The molecule has 33 heavy (non-hydrogen) atoms. The third-order valence-electron chi connectivity index (χ3n) is 5.27. The smallest absolute Gasteiger partial charge is 0.338 e. The maximum atomic E-state index is 12.9. The topological polar surface area (TPSA) is 85.9 Å². The van der Waals surface area contributed by atoms with E-state index >= 15 is 0 Å². The van der Waals surface area contributed by atoms with Crippen molar-refractivity contribution in [2.24, 2.45) is 0 Å². The monoisotopic (exact) mass is 452 g/mol. The number of rotatable bonds is 11. The molecule has 0 bridgehead atoms. The maximum absolute atomic E-state index is 12.9. The first kappa shape index (κ1) is 24.2. The third kappa shape index (κ3) is 6.28. The molecule has 1 aliphatic rings. The number of allylic oxidation sites excluding steroid dienone is 1.